The number of hydrogen-bond donors (Lipinski definition) is 3. The third-order valence-corrected chi connectivity index (χ3v) is 7.30. The first-order valence-electron chi connectivity index (χ1n) is 12.1. The van der Waals surface area contributed by atoms with Gasteiger partial charge in [0.15, 0.2) is 0 Å². The molecule has 2 aliphatic rings. The van der Waals surface area contributed by atoms with E-state index < -0.39 is 40.1 Å². The van der Waals surface area contributed by atoms with Gasteiger partial charge in [0.05, 0.1) is 5.02 Å². The molecule has 7 nitrogen and oxygen atoms in total. The number of nitrogens with one attached hydrogen (secondary N) is 3. The van der Waals surface area contributed by atoms with E-state index in [4.69, 9.17) is 23.2 Å². The third-order valence-electron chi connectivity index (χ3n) is 6.65. The molecule has 0 saturated heterocycles. The predicted octanol–water partition coefficient (Wildman–Crippen LogP) is 8.13. The van der Waals surface area contributed by atoms with E-state index in [2.05, 4.69) is 25.9 Å². The van der Waals surface area contributed by atoms with Crippen molar-refractivity contribution in [3.8, 4) is 0 Å². The van der Waals surface area contributed by atoms with Crippen molar-refractivity contribution >= 4 is 63.0 Å². The number of nitrogens with zero attached hydrogens (tertiary/aromatic N) is 2. The van der Waals surface area contributed by atoms with Crippen LogP contribution < -0.4 is 16.0 Å². The van der Waals surface area contributed by atoms with E-state index >= 15 is 0 Å². The van der Waals surface area contributed by atoms with Gasteiger partial charge >= 0.3 is 12.4 Å². The normalized spacial score (nSPS) is 16.4. The molecule has 2 aliphatic carbocycles. The second-order valence-electron chi connectivity index (χ2n) is 9.64. The zero-order valence-electron chi connectivity index (χ0n) is 21.1. The predicted molar refractivity (Wildman–Crippen MR) is 141 cm³/mol. The van der Waals surface area contributed by atoms with Gasteiger partial charge in [-0.25, -0.2) is 14.4 Å². The molecule has 0 bridgehead atoms. The lowest BCUT2D eigenvalue weighted by molar-refractivity contribution is -0.189. The molecule has 3 N–H and O–H groups in total. The molecule has 0 spiro atoms. The van der Waals surface area contributed by atoms with Crippen LogP contribution in [0.2, 0.25) is 5.02 Å². The molecule has 0 radical (unpaired) electrons. The minimum absolute atomic E-state index is 0.0419. The molecule has 224 valence electrons. The van der Waals surface area contributed by atoms with Crippen LogP contribution in [0.15, 0.2) is 54.9 Å². The van der Waals surface area contributed by atoms with Crippen LogP contribution in [0.1, 0.15) is 25.7 Å². The maximum Gasteiger partial charge on any atom is 0.403 e. The zero-order valence-corrected chi connectivity index (χ0v) is 22.6. The van der Waals surface area contributed by atoms with Crippen molar-refractivity contribution in [3.05, 3.63) is 65.7 Å². The molecule has 1 amide bonds. The molecule has 2 fully saturated rings. The molecule has 1 aromatic heterocycles. The fourth-order valence-corrected chi connectivity index (χ4v) is 4.25. The summed E-state index contributed by atoms with van der Waals surface area (Å²) in [5.41, 5.74) is -3.25. The van der Waals surface area contributed by atoms with Crippen LogP contribution in [0.5, 0.6) is 0 Å². The van der Waals surface area contributed by atoms with E-state index in [1.54, 1.807) is 18.2 Å². The average molecular weight is 638 g/mol. The van der Waals surface area contributed by atoms with Gasteiger partial charge in [-0.2, -0.15) is 26.3 Å². The number of alkyl halides is 6. The summed E-state index contributed by atoms with van der Waals surface area (Å²) in [4.78, 5) is 30.6. The van der Waals surface area contributed by atoms with Crippen molar-refractivity contribution in [1.29, 1.82) is 0 Å². The lowest BCUT2D eigenvalue weighted by atomic mass is 10.1. The molecular formula is C26H20Cl2F7N5O2. The van der Waals surface area contributed by atoms with Crippen LogP contribution in [0.25, 0.3) is 0 Å². The highest BCUT2D eigenvalue weighted by atomic mass is 35.5. The minimum Gasteiger partial charge on any atom is -0.340 e. The van der Waals surface area contributed by atoms with Gasteiger partial charge in [0.2, 0.25) is 11.1 Å². The monoisotopic (exact) mass is 637 g/mol. The van der Waals surface area contributed by atoms with Gasteiger partial charge in [0, 0.05) is 23.1 Å². The van der Waals surface area contributed by atoms with Crippen molar-refractivity contribution in [3.63, 3.8) is 0 Å². The first-order valence-corrected chi connectivity index (χ1v) is 12.9. The Morgan fingerprint density at radius 1 is 0.762 bits per heavy atom. The fourth-order valence-electron chi connectivity index (χ4n) is 3.77. The number of benzene rings is 2. The van der Waals surface area contributed by atoms with E-state index in [9.17, 15) is 40.3 Å². The number of carbonyl (C=O) groups excluding carboxylic acids is 2. The van der Waals surface area contributed by atoms with Crippen molar-refractivity contribution in [1.82, 2.24) is 9.97 Å². The smallest absolute Gasteiger partial charge is 0.340 e. The summed E-state index contributed by atoms with van der Waals surface area (Å²) >= 11 is 10.5. The molecule has 42 heavy (non-hydrogen) atoms. The number of aromatic nitrogens is 2. The first-order chi connectivity index (χ1) is 19.6. The number of amides is 1. The van der Waals surface area contributed by atoms with Crippen LogP contribution in [0, 0.1) is 16.6 Å². The Hall–Kier alpha value is -3.65. The number of anilines is 5. The summed E-state index contributed by atoms with van der Waals surface area (Å²) in [6.07, 6.45) is -8.47. The van der Waals surface area contributed by atoms with Crippen molar-refractivity contribution < 1.29 is 40.3 Å². The highest BCUT2D eigenvalue weighted by Gasteiger charge is 2.69. The Morgan fingerprint density at radius 2 is 1.29 bits per heavy atom. The standard InChI is InChI=1S/C21H16ClF4N5O.C5H4ClF3O/c22-15-9-14(4-5-16(15)23)30-18-10-17(27-11-28-18)29-12-2-1-3-13(8-12)31-19(32)20(6-7-20)21(24,25)26;6-3(10)4(1-2-4)5(7,8)9/h1-5,8-11H,6-7H2,(H,31,32)(H2,27,28,29,30);1-2H2. The molecular weight excluding hydrogens is 618 g/mol. The zero-order chi connectivity index (χ0) is 30.9. The second kappa shape index (κ2) is 11.6. The second-order valence-corrected chi connectivity index (χ2v) is 10.4. The topological polar surface area (TPSA) is 96.0 Å². The fraction of sp³-hybridized carbons (Fsp3) is 0.308. The minimum atomic E-state index is -4.58. The number of hydrogen-bond acceptors (Lipinski definition) is 6. The van der Waals surface area contributed by atoms with Crippen molar-refractivity contribution in [2.75, 3.05) is 16.0 Å². The molecule has 0 unspecified atom stereocenters. The molecule has 2 aromatic carbocycles. The summed E-state index contributed by atoms with van der Waals surface area (Å²) in [6, 6.07) is 12.0. The number of rotatable bonds is 7. The Balaban J connectivity index is 0.000000343. The number of halogens is 9. The Labute approximate surface area is 243 Å². The quantitative estimate of drug-likeness (QED) is 0.179. The molecule has 2 saturated carbocycles. The van der Waals surface area contributed by atoms with Crippen LogP contribution in [-0.4, -0.2) is 33.5 Å². The third kappa shape index (κ3) is 6.86. The lowest BCUT2D eigenvalue weighted by Gasteiger charge is -2.18. The molecule has 16 heteroatoms. The van der Waals surface area contributed by atoms with E-state index in [-0.39, 0.29) is 36.4 Å². The van der Waals surface area contributed by atoms with Gasteiger partial charge in [-0.3, -0.25) is 9.59 Å². The van der Waals surface area contributed by atoms with Gasteiger partial charge in [0.25, 0.3) is 0 Å². The Morgan fingerprint density at radius 3 is 1.74 bits per heavy atom. The van der Waals surface area contributed by atoms with Crippen LogP contribution in [0.3, 0.4) is 0 Å². The van der Waals surface area contributed by atoms with Gasteiger partial charge in [-0.05, 0) is 73.7 Å². The van der Waals surface area contributed by atoms with Gasteiger partial charge < -0.3 is 16.0 Å². The highest BCUT2D eigenvalue weighted by Crippen LogP contribution is 2.59. The molecule has 5 rings (SSSR count). The lowest BCUT2D eigenvalue weighted by Crippen LogP contribution is -2.36. The summed E-state index contributed by atoms with van der Waals surface area (Å²) < 4.78 is 88.2. The van der Waals surface area contributed by atoms with Crippen LogP contribution in [-0.2, 0) is 9.59 Å². The maximum atomic E-state index is 13.3. The largest absolute Gasteiger partial charge is 0.403 e. The molecule has 0 atom stereocenters. The maximum absolute atomic E-state index is 13.3. The van der Waals surface area contributed by atoms with Crippen LogP contribution in [0.4, 0.5) is 59.4 Å². The summed E-state index contributed by atoms with van der Waals surface area (Å²) in [5, 5.41) is 6.99. The van der Waals surface area contributed by atoms with Gasteiger partial charge in [0.1, 0.15) is 34.6 Å². The van der Waals surface area contributed by atoms with Gasteiger partial charge in [-0.1, -0.05) is 17.7 Å². The summed E-state index contributed by atoms with van der Waals surface area (Å²) in [7, 11) is 0. The Bertz CT molecular complexity index is 1490. The molecule has 1 heterocycles. The van der Waals surface area contributed by atoms with Crippen molar-refractivity contribution in [2.24, 2.45) is 10.8 Å². The molecule has 3 aromatic rings. The van der Waals surface area contributed by atoms with E-state index in [0.717, 1.165) is 0 Å². The number of carbonyl (C=O) groups is 2. The summed E-state index contributed by atoms with van der Waals surface area (Å²) in [6.45, 7) is 0. The van der Waals surface area contributed by atoms with E-state index in [1.807, 2.05) is 0 Å². The van der Waals surface area contributed by atoms with E-state index in [0.29, 0.717) is 23.0 Å². The highest BCUT2D eigenvalue weighted by molar-refractivity contribution is 6.65. The first kappa shape index (κ1) is 31.3. The molecule has 0 aliphatic heterocycles. The van der Waals surface area contributed by atoms with Crippen molar-refractivity contribution in [2.45, 2.75) is 38.0 Å². The SMILES string of the molecule is O=C(Cl)C1(C(F)(F)F)CC1.O=C(Nc1cccc(Nc2cc(Nc3ccc(F)c(Cl)c3)ncn2)c1)C1(C(F)(F)F)CC1. The Kier molecular flexibility index (Phi) is 8.61. The van der Waals surface area contributed by atoms with Gasteiger partial charge in [-0.15, -0.1) is 0 Å². The average Bonchev–Trinajstić information content (AvgIpc) is 3.79. The van der Waals surface area contributed by atoms with E-state index in [1.165, 1.54) is 36.7 Å². The van der Waals surface area contributed by atoms with Crippen LogP contribution >= 0.6 is 23.2 Å². The summed E-state index contributed by atoms with van der Waals surface area (Å²) in [5.74, 6) is -0.825.